The molecule has 3 aromatic rings. The lowest BCUT2D eigenvalue weighted by Crippen LogP contribution is -2.31. The second-order valence-electron chi connectivity index (χ2n) is 5.27. The summed E-state index contributed by atoms with van der Waals surface area (Å²) in [6, 6.07) is 4.14. The van der Waals surface area contributed by atoms with Crippen LogP contribution in [0.3, 0.4) is 0 Å². The maximum Gasteiger partial charge on any atom is 0.275 e. The Morgan fingerprint density at radius 2 is 2.20 bits per heavy atom. The molecule has 0 saturated carbocycles. The number of aromatic nitrogens is 2. The summed E-state index contributed by atoms with van der Waals surface area (Å²) in [5.74, 6) is -1.16. The monoisotopic (exact) mass is 383 g/mol. The zero-order valence-corrected chi connectivity index (χ0v) is 14.9. The van der Waals surface area contributed by atoms with Crippen molar-refractivity contribution in [2.45, 2.75) is 17.6 Å². The number of ether oxygens (including phenoxy) is 1. The number of carbonyl (C=O) groups excluding carboxylic acids is 1. The molecule has 0 unspecified atom stereocenters. The molecule has 0 spiro atoms. The highest BCUT2D eigenvalue weighted by molar-refractivity contribution is 7.92. The van der Waals surface area contributed by atoms with E-state index in [0.29, 0.717) is 16.5 Å². The van der Waals surface area contributed by atoms with E-state index in [4.69, 9.17) is 4.74 Å². The Morgan fingerprint density at radius 1 is 1.44 bits per heavy atom. The van der Waals surface area contributed by atoms with Gasteiger partial charge in [-0.1, -0.05) is 11.3 Å². The van der Waals surface area contributed by atoms with Gasteiger partial charge >= 0.3 is 0 Å². The van der Waals surface area contributed by atoms with Crippen molar-refractivity contribution >= 4 is 38.2 Å². The van der Waals surface area contributed by atoms with Crippen LogP contribution < -0.4 is 9.46 Å². The number of benzene rings is 1. The Bertz CT molecular complexity index is 1060. The molecule has 0 bridgehead atoms. The maximum atomic E-state index is 13.4. The third-order valence-corrected chi connectivity index (χ3v) is 6.58. The van der Waals surface area contributed by atoms with E-state index in [1.54, 1.807) is 12.3 Å². The minimum absolute atomic E-state index is 0.0809. The maximum absolute atomic E-state index is 13.4. The van der Waals surface area contributed by atoms with Crippen LogP contribution in [0.5, 0.6) is 5.19 Å². The van der Waals surface area contributed by atoms with Crippen molar-refractivity contribution < 1.29 is 22.3 Å². The number of fused-ring (bicyclic) bond motifs is 1. The number of aryl methyl sites for hydroxylation is 1. The molecule has 1 amide bonds. The minimum Gasteiger partial charge on any atom is -0.473 e. The van der Waals surface area contributed by atoms with Crippen LogP contribution in [0.25, 0.3) is 10.9 Å². The van der Waals surface area contributed by atoms with E-state index in [1.165, 1.54) is 26.2 Å². The zero-order chi connectivity index (χ0) is 18.2. The molecule has 1 aromatic carbocycles. The van der Waals surface area contributed by atoms with Crippen LogP contribution in [0, 0.1) is 12.7 Å². The summed E-state index contributed by atoms with van der Waals surface area (Å²) in [4.78, 5) is 19.0. The molecule has 0 aliphatic rings. The molecule has 0 saturated heterocycles. The van der Waals surface area contributed by atoms with Crippen molar-refractivity contribution in [2.24, 2.45) is 0 Å². The Labute approximate surface area is 146 Å². The summed E-state index contributed by atoms with van der Waals surface area (Å²) in [7, 11) is -2.67. The topological polar surface area (TPSA) is 101 Å². The average molecular weight is 383 g/mol. The van der Waals surface area contributed by atoms with Crippen molar-refractivity contribution in [3.05, 3.63) is 41.5 Å². The fraction of sp³-hybridized carbons (Fsp3) is 0.200. The van der Waals surface area contributed by atoms with Gasteiger partial charge in [0.2, 0.25) is 5.91 Å². The van der Waals surface area contributed by atoms with Gasteiger partial charge in [-0.15, -0.1) is 0 Å². The van der Waals surface area contributed by atoms with Gasteiger partial charge in [-0.2, -0.15) is 0 Å². The molecule has 0 radical (unpaired) electrons. The Morgan fingerprint density at radius 3 is 2.88 bits per heavy atom. The number of rotatable bonds is 5. The molecule has 25 heavy (non-hydrogen) atoms. The van der Waals surface area contributed by atoms with Crippen LogP contribution in [-0.4, -0.2) is 31.4 Å². The van der Waals surface area contributed by atoms with E-state index in [-0.39, 0.29) is 21.5 Å². The summed E-state index contributed by atoms with van der Waals surface area (Å²) < 4.78 is 44.9. The SMILES string of the molecule is COc1nc(C)c(S(=O)(=O)NC(=O)Cc2c[nH]c3ccc(F)cc23)s1. The van der Waals surface area contributed by atoms with Gasteiger partial charge in [0.05, 0.1) is 19.2 Å². The van der Waals surface area contributed by atoms with Gasteiger partial charge in [0.25, 0.3) is 15.2 Å². The number of H-pyrrole nitrogens is 1. The Balaban J connectivity index is 1.81. The first kappa shape index (κ1) is 17.4. The molecule has 132 valence electrons. The van der Waals surface area contributed by atoms with Gasteiger partial charge < -0.3 is 9.72 Å². The lowest BCUT2D eigenvalue weighted by atomic mass is 10.1. The summed E-state index contributed by atoms with van der Waals surface area (Å²) >= 11 is 0.829. The second-order valence-corrected chi connectivity index (χ2v) is 8.11. The number of carbonyl (C=O) groups is 1. The molecule has 2 aromatic heterocycles. The van der Waals surface area contributed by atoms with E-state index in [0.717, 1.165) is 11.3 Å². The Kier molecular flexibility index (Phi) is 4.48. The minimum atomic E-state index is -4.05. The first-order valence-corrected chi connectivity index (χ1v) is 9.42. The van der Waals surface area contributed by atoms with Gasteiger partial charge in [0.15, 0.2) is 4.21 Å². The fourth-order valence-electron chi connectivity index (χ4n) is 2.40. The lowest BCUT2D eigenvalue weighted by molar-refractivity contribution is -0.118. The van der Waals surface area contributed by atoms with Crippen LogP contribution in [-0.2, 0) is 21.2 Å². The van der Waals surface area contributed by atoms with Gasteiger partial charge in [0.1, 0.15) is 5.82 Å². The van der Waals surface area contributed by atoms with E-state index in [1.807, 2.05) is 4.72 Å². The van der Waals surface area contributed by atoms with E-state index in [9.17, 15) is 17.6 Å². The largest absolute Gasteiger partial charge is 0.473 e. The van der Waals surface area contributed by atoms with Crippen molar-refractivity contribution in [2.75, 3.05) is 7.11 Å². The molecule has 2 heterocycles. The van der Waals surface area contributed by atoms with E-state index < -0.39 is 21.7 Å². The number of hydrogen-bond acceptors (Lipinski definition) is 6. The number of methoxy groups -OCH3 is 1. The normalized spacial score (nSPS) is 11.6. The molecule has 0 atom stereocenters. The van der Waals surface area contributed by atoms with Crippen LogP contribution in [0.1, 0.15) is 11.3 Å². The highest BCUT2D eigenvalue weighted by Gasteiger charge is 2.25. The number of nitrogens with one attached hydrogen (secondary N) is 2. The van der Waals surface area contributed by atoms with Crippen molar-refractivity contribution in [1.82, 2.24) is 14.7 Å². The first-order chi connectivity index (χ1) is 11.8. The van der Waals surface area contributed by atoms with Crippen LogP contribution in [0.15, 0.2) is 28.6 Å². The quantitative estimate of drug-likeness (QED) is 0.703. The summed E-state index contributed by atoms with van der Waals surface area (Å²) in [6.45, 7) is 1.51. The highest BCUT2D eigenvalue weighted by atomic mass is 32.2. The standard InChI is InChI=1S/C15H14FN3O4S2/c1-8-14(24-15(18-8)23-2)25(21,22)19-13(20)5-9-7-17-12-4-3-10(16)6-11(9)12/h3-4,6-7,17H,5H2,1-2H3,(H,19,20). The summed E-state index contributed by atoms with van der Waals surface area (Å²) in [6.07, 6.45) is 1.34. The molecular formula is C15H14FN3O4S2. The van der Waals surface area contributed by atoms with E-state index in [2.05, 4.69) is 9.97 Å². The average Bonchev–Trinajstić information content (AvgIpc) is 3.11. The molecule has 0 aliphatic carbocycles. The molecule has 10 heteroatoms. The molecule has 3 rings (SSSR count). The summed E-state index contributed by atoms with van der Waals surface area (Å²) in [5.41, 5.74) is 1.41. The van der Waals surface area contributed by atoms with E-state index >= 15 is 0 Å². The van der Waals surface area contributed by atoms with Gasteiger partial charge in [0, 0.05) is 17.1 Å². The third kappa shape index (κ3) is 3.49. The number of thiazole rings is 1. The Hall–Kier alpha value is -2.46. The highest BCUT2D eigenvalue weighted by Crippen LogP contribution is 2.28. The smallest absolute Gasteiger partial charge is 0.275 e. The van der Waals surface area contributed by atoms with Crippen LogP contribution in [0.4, 0.5) is 4.39 Å². The van der Waals surface area contributed by atoms with Gasteiger partial charge in [-0.05, 0) is 30.7 Å². The van der Waals surface area contributed by atoms with Crippen molar-refractivity contribution in [1.29, 1.82) is 0 Å². The van der Waals surface area contributed by atoms with Crippen molar-refractivity contribution in [3.63, 3.8) is 0 Å². The predicted molar refractivity (Wildman–Crippen MR) is 90.7 cm³/mol. The molecule has 0 fully saturated rings. The predicted octanol–water partition coefficient (Wildman–Crippen LogP) is 2.13. The van der Waals surface area contributed by atoms with Crippen molar-refractivity contribution in [3.8, 4) is 5.19 Å². The van der Waals surface area contributed by atoms with Gasteiger partial charge in [-0.3, -0.25) is 4.79 Å². The number of hydrogen-bond donors (Lipinski definition) is 2. The number of amides is 1. The molecular weight excluding hydrogens is 369 g/mol. The number of aromatic amines is 1. The zero-order valence-electron chi connectivity index (χ0n) is 13.3. The molecule has 0 aliphatic heterocycles. The number of halogens is 1. The van der Waals surface area contributed by atoms with Gasteiger partial charge in [-0.25, -0.2) is 22.5 Å². The molecule has 7 nitrogen and oxygen atoms in total. The fourth-order valence-corrected chi connectivity index (χ4v) is 4.69. The second kappa shape index (κ2) is 6.45. The first-order valence-electron chi connectivity index (χ1n) is 7.13. The number of sulfonamides is 1. The lowest BCUT2D eigenvalue weighted by Gasteiger charge is -2.05. The van der Waals surface area contributed by atoms with Crippen LogP contribution >= 0.6 is 11.3 Å². The van der Waals surface area contributed by atoms with Crippen LogP contribution in [0.2, 0.25) is 0 Å². The number of nitrogens with zero attached hydrogens (tertiary/aromatic N) is 1. The third-order valence-electron chi connectivity index (χ3n) is 3.48. The summed E-state index contributed by atoms with van der Waals surface area (Å²) in [5, 5.41) is 0.723. The molecule has 2 N–H and O–H groups in total.